The number of nitrogens with zero attached hydrogens (tertiary/aromatic N) is 7. The minimum Gasteiger partial charge on any atom is -0.489 e. The van der Waals surface area contributed by atoms with Gasteiger partial charge in [-0.25, -0.2) is 14.6 Å². The fourth-order valence-electron chi connectivity index (χ4n) is 3.98. The maximum Gasteiger partial charge on any atom is 0.275 e. The van der Waals surface area contributed by atoms with E-state index in [4.69, 9.17) is 9.47 Å². The molecule has 4 heterocycles. The van der Waals surface area contributed by atoms with Crippen LogP contribution in [0.4, 0.5) is 0 Å². The van der Waals surface area contributed by atoms with Crippen LogP contribution >= 0.6 is 0 Å². The highest BCUT2D eigenvalue weighted by atomic mass is 16.5. The molecule has 10 heteroatoms. The summed E-state index contributed by atoms with van der Waals surface area (Å²) in [6.07, 6.45) is 8.51. The molecule has 1 aliphatic heterocycles. The molecule has 5 rings (SSSR count). The van der Waals surface area contributed by atoms with E-state index in [0.29, 0.717) is 30.3 Å². The summed E-state index contributed by atoms with van der Waals surface area (Å²) in [6.45, 7) is 5.19. The molecule has 0 amide bonds. The van der Waals surface area contributed by atoms with Crippen LogP contribution in [0.2, 0.25) is 0 Å². The number of benzene rings is 1. The Morgan fingerprint density at radius 3 is 2.63 bits per heavy atom. The molecular weight excluding hydrogens is 446 g/mol. The second-order valence-corrected chi connectivity index (χ2v) is 8.36. The smallest absolute Gasteiger partial charge is 0.275 e. The van der Waals surface area contributed by atoms with Crippen molar-refractivity contribution >= 4 is 0 Å². The quantitative estimate of drug-likeness (QED) is 0.382. The first-order valence-corrected chi connectivity index (χ1v) is 11.5. The molecule has 1 aliphatic rings. The van der Waals surface area contributed by atoms with Crippen molar-refractivity contribution in [2.45, 2.75) is 6.54 Å². The summed E-state index contributed by atoms with van der Waals surface area (Å²) < 4.78 is 14.3. The SMILES string of the molecule is Cn1cc(-c2ccnn(Cc3cccc(-c4ncc(OCCN5CCOCC5)cn4)c3)c2=O)cn1. The third-order valence-electron chi connectivity index (χ3n) is 5.85. The van der Waals surface area contributed by atoms with Crippen molar-refractivity contribution < 1.29 is 9.47 Å². The van der Waals surface area contributed by atoms with Gasteiger partial charge in [0.25, 0.3) is 5.56 Å². The second-order valence-electron chi connectivity index (χ2n) is 8.36. The number of hydrogen-bond acceptors (Lipinski definition) is 8. The lowest BCUT2D eigenvalue weighted by atomic mass is 10.1. The predicted octanol–water partition coefficient (Wildman–Crippen LogP) is 1.86. The van der Waals surface area contributed by atoms with Crippen molar-refractivity contribution in [3.05, 3.63) is 77.2 Å². The number of morpholine rings is 1. The van der Waals surface area contributed by atoms with Gasteiger partial charge in [0, 0.05) is 50.2 Å². The monoisotopic (exact) mass is 473 g/mol. The first-order valence-electron chi connectivity index (χ1n) is 11.5. The van der Waals surface area contributed by atoms with E-state index in [-0.39, 0.29) is 5.56 Å². The number of aromatic nitrogens is 6. The highest BCUT2D eigenvalue weighted by Crippen LogP contribution is 2.19. The molecule has 0 radical (unpaired) electrons. The van der Waals surface area contributed by atoms with Crippen LogP contribution in [0.3, 0.4) is 0 Å². The van der Waals surface area contributed by atoms with E-state index in [1.165, 1.54) is 4.68 Å². The molecule has 0 spiro atoms. The van der Waals surface area contributed by atoms with Crippen LogP contribution in [0.1, 0.15) is 5.56 Å². The topological polar surface area (TPSA) is 100 Å². The molecule has 3 aromatic heterocycles. The Labute approximate surface area is 202 Å². The lowest BCUT2D eigenvalue weighted by Gasteiger charge is -2.26. The van der Waals surface area contributed by atoms with Gasteiger partial charge in [-0.05, 0) is 17.7 Å². The molecule has 1 aromatic carbocycles. The van der Waals surface area contributed by atoms with E-state index in [0.717, 1.165) is 49.5 Å². The van der Waals surface area contributed by atoms with Gasteiger partial charge in [-0.1, -0.05) is 18.2 Å². The standard InChI is InChI=1S/C25H27N7O3/c1-30-18-21(14-29-30)23-5-6-28-32(25(23)33)17-19-3-2-4-20(13-19)24-26-15-22(16-27-24)35-12-9-31-7-10-34-11-8-31/h2-6,13-16,18H,7-12,17H2,1H3. The zero-order valence-electron chi connectivity index (χ0n) is 19.6. The van der Waals surface area contributed by atoms with Gasteiger partial charge in [-0.2, -0.15) is 10.2 Å². The average Bonchev–Trinajstić information content (AvgIpc) is 3.32. The Kier molecular flexibility index (Phi) is 6.92. The Balaban J connectivity index is 1.25. The van der Waals surface area contributed by atoms with E-state index in [1.807, 2.05) is 37.5 Å². The fourth-order valence-corrected chi connectivity index (χ4v) is 3.98. The first-order chi connectivity index (χ1) is 17.2. The van der Waals surface area contributed by atoms with Gasteiger partial charge < -0.3 is 9.47 Å². The summed E-state index contributed by atoms with van der Waals surface area (Å²) in [5.74, 6) is 1.23. The number of hydrogen-bond donors (Lipinski definition) is 0. The van der Waals surface area contributed by atoms with Crippen molar-refractivity contribution in [2.24, 2.45) is 7.05 Å². The molecule has 0 saturated carbocycles. The van der Waals surface area contributed by atoms with Crippen LogP contribution in [0, 0.1) is 0 Å². The Bertz CT molecular complexity index is 1330. The van der Waals surface area contributed by atoms with Crippen molar-refractivity contribution in [1.29, 1.82) is 0 Å². The van der Waals surface area contributed by atoms with E-state index in [9.17, 15) is 4.79 Å². The third-order valence-corrected chi connectivity index (χ3v) is 5.85. The van der Waals surface area contributed by atoms with E-state index < -0.39 is 0 Å². The van der Waals surface area contributed by atoms with Gasteiger partial charge in [-0.3, -0.25) is 14.4 Å². The largest absolute Gasteiger partial charge is 0.489 e. The lowest BCUT2D eigenvalue weighted by Crippen LogP contribution is -2.38. The van der Waals surface area contributed by atoms with Crippen LogP contribution in [-0.2, 0) is 18.3 Å². The molecule has 0 unspecified atom stereocenters. The number of aryl methyl sites for hydroxylation is 1. The van der Waals surface area contributed by atoms with Crippen molar-refractivity contribution in [3.8, 4) is 28.3 Å². The Hall–Kier alpha value is -3.89. The van der Waals surface area contributed by atoms with E-state index in [2.05, 4.69) is 25.1 Å². The van der Waals surface area contributed by atoms with Crippen LogP contribution in [0.5, 0.6) is 5.75 Å². The van der Waals surface area contributed by atoms with Crippen LogP contribution in [-0.4, -0.2) is 73.9 Å². The van der Waals surface area contributed by atoms with E-state index in [1.54, 1.807) is 35.5 Å². The van der Waals surface area contributed by atoms with Crippen molar-refractivity contribution in [2.75, 3.05) is 39.5 Å². The normalized spacial score (nSPS) is 14.2. The van der Waals surface area contributed by atoms with Gasteiger partial charge in [-0.15, -0.1) is 0 Å². The lowest BCUT2D eigenvalue weighted by molar-refractivity contribution is 0.0322. The molecule has 0 N–H and O–H groups in total. The molecule has 1 saturated heterocycles. The Morgan fingerprint density at radius 2 is 1.86 bits per heavy atom. The summed E-state index contributed by atoms with van der Waals surface area (Å²) in [6, 6.07) is 9.51. The molecule has 1 fully saturated rings. The summed E-state index contributed by atoms with van der Waals surface area (Å²) in [5.41, 5.74) is 2.95. The molecule has 180 valence electrons. The summed E-state index contributed by atoms with van der Waals surface area (Å²) >= 11 is 0. The fraction of sp³-hybridized carbons (Fsp3) is 0.320. The minimum atomic E-state index is -0.166. The molecule has 4 aromatic rings. The summed E-state index contributed by atoms with van der Waals surface area (Å²) in [4.78, 5) is 24.2. The minimum absolute atomic E-state index is 0.166. The van der Waals surface area contributed by atoms with Gasteiger partial charge in [0.1, 0.15) is 6.61 Å². The summed E-state index contributed by atoms with van der Waals surface area (Å²) in [5, 5.41) is 8.42. The van der Waals surface area contributed by atoms with Crippen LogP contribution < -0.4 is 10.3 Å². The van der Waals surface area contributed by atoms with Gasteiger partial charge in [0.05, 0.1) is 43.9 Å². The first kappa shape index (κ1) is 22.9. The zero-order valence-corrected chi connectivity index (χ0v) is 19.6. The maximum atomic E-state index is 13.0. The maximum absolute atomic E-state index is 13.0. The van der Waals surface area contributed by atoms with E-state index >= 15 is 0 Å². The highest BCUT2D eigenvalue weighted by Gasteiger charge is 2.11. The number of ether oxygens (including phenoxy) is 2. The van der Waals surface area contributed by atoms with Crippen LogP contribution in [0.25, 0.3) is 22.5 Å². The molecule has 0 bridgehead atoms. The summed E-state index contributed by atoms with van der Waals surface area (Å²) in [7, 11) is 1.82. The predicted molar refractivity (Wildman–Crippen MR) is 130 cm³/mol. The van der Waals surface area contributed by atoms with Gasteiger partial charge >= 0.3 is 0 Å². The molecule has 0 aliphatic carbocycles. The van der Waals surface area contributed by atoms with Gasteiger partial charge in [0.15, 0.2) is 11.6 Å². The van der Waals surface area contributed by atoms with Crippen molar-refractivity contribution in [1.82, 2.24) is 34.4 Å². The van der Waals surface area contributed by atoms with Gasteiger partial charge in [0.2, 0.25) is 0 Å². The molecule has 0 atom stereocenters. The Morgan fingerprint density at radius 1 is 1.03 bits per heavy atom. The van der Waals surface area contributed by atoms with Crippen LogP contribution in [0.15, 0.2) is 66.1 Å². The second kappa shape index (κ2) is 10.6. The molecule has 10 nitrogen and oxygen atoms in total. The average molecular weight is 474 g/mol. The molecule has 35 heavy (non-hydrogen) atoms. The zero-order chi connectivity index (χ0) is 24.0. The molecular formula is C25H27N7O3. The number of rotatable bonds is 8. The van der Waals surface area contributed by atoms with Crippen molar-refractivity contribution in [3.63, 3.8) is 0 Å². The highest BCUT2D eigenvalue weighted by molar-refractivity contribution is 5.60. The third kappa shape index (κ3) is 5.61.